The smallest absolute Gasteiger partial charge is 0.261 e. The van der Waals surface area contributed by atoms with Crippen LogP contribution in [0.3, 0.4) is 0 Å². The van der Waals surface area contributed by atoms with Gasteiger partial charge in [0.15, 0.2) is 0 Å². The molecule has 0 unspecified atom stereocenters. The van der Waals surface area contributed by atoms with Crippen molar-refractivity contribution in [3.63, 3.8) is 0 Å². The number of aryl methyl sites for hydroxylation is 2. The summed E-state index contributed by atoms with van der Waals surface area (Å²) in [5.41, 5.74) is 3.03. The molecule has 0 aromatic heterocycles. The summed E-state index contributed by atoms with van der Waals surface area (Å²) >= 11 is 6.18. The van der Waals surface area contributed by atoms with Gasteiger partial charge in [-0.15, -0.1) is 0 Å². The average Bonchev–Trinajstić information content (AvgIpc) is 2.66. The molecule has 144 valence electrons. The number of anilines is 2. The van der Waals surface area contributed by atoms with E-state index < -0.39 is 15.9 Å². The van der Waals surface area contributed by atoms with Gasteiger partial charge in [0.1, 0.15) is 0 Å². The number of amides is 1. The molecule has 28 heavy (non-hydrogen) atoms. The van der Waals surface area contributed by atoms with E-state index in [-0.39, 0.29) is 21.2 Å². The number of hydrogen-bond donors (Lipinski definition) is 2. The molecule has 5 nitrogen and oxygen atoms in total. The highest BCUT2D eigenvalue weighted by Gasteiger charge is 2.17. The predicted molar refractivity (Wildman–Crippen MR) is 113 cm³/mol. The van der Waals surface area contributed by atoms with E-state index in [4.69, 9.17) is 11.6 Å². The lowest BCUT2D eigenvalue weighted by atomic mass is 10.1. The molecular weight excluding hydrogens is 396 g/mol. The van der Waals surface area contributed by atoms with E-state index in [0.29, 0.717) is 5.69 Å². The number of rotatable bonds is 5. The number of benzene rings is 3. The topological polar surface area (TPSA) is 75.3 Å². The van der Waals surface area contributed by atoms with Crippen LogP contribution in [0.2, 0.25) is 5.02 Å². The van der Waals surface area contributed by atoms with E-state index in [1.54, 1.807) is 18.2 Å². The molecule has 0 heterocycles. The van der Waals surface area contributed by atoms with E-state index >= 15 is 0 Å². The van der Waals surface area contributed by atoms with Crippen molar-refractivity contribution in [2.24, 2.45) is 0 Å². The maximum absolute atomic E-state index is 12.7. The van der Waals surface area contributed by atoms with Gasteiger partial charge in [-0.1, -0.05) is 41.9 Å². The molecule has 7 heteroatoms. The molecule has 0 aliphatic rings. The van der Waals surface area contributed by atoms with Crippen molar-refractivity contribution in [2.45, 2.75) is 18.7 Å². The summed E-state index contributed by atoms with van der Waals surface area (Å²) in [7, 11) is -3.76. The molecule has 0 spiro atoms. The van der Waals surface area contributed by atoms with Gasteiger partial charge in [0, 0.05) is 11.4 Å². The lowest BCUT2D eigenvalue weighted by molar-refractivity contribution is 0.102. The Hall–Kier alpha value is -2.83. The normalized spacial score (nSPS) is 11.1. The molecule has 2 N–H and O–H groups in total. The minimum Gasteiger partial charge on any atom is -0.322 e. The van der Waals surface area contributed by atoms with Crippen molar-refractivity contribution in [1.29, 1.82) is 0 Å². The largest absolute Gasteiger partial charge is 0.322 e. The highest BCUT2D eigenvalue weighted by Crippen LogP contribution is 2.25. The van der Waals surface area contributed by atoms with Crippen LogP contribution in [-0.4, -0.2) is 14.3 Å². The highest BCUT2D eigenvalue weighted by atomic mass is 35.5. The molecule has 0 bridgehead atoms. The first-order valence-corrected chi connectivity index (χ1v) is 10.4. The van der Waals surface area contributed by atoms with Gasteiger partial charge in [-0.2, -0.15) is 0 Å². The zero-order valence-electron chi connectivity index (χ0n) is 15.4. The Morgan fingerprint density at radius 1 is 0.929 bits per heavy atom. The molecule has 3 aromatic carbocycles. The number of carbonyl (C=O) groups is 1. The Morgan fingerprint density at radius 2 is 1.64 bits per heavy atom. The lowest BCUT2D eigenvalue weighted by Gasteiger charge is -2.13. The van der Waals surface area contributed by atoms with E-state index in [9.17, 15) is 13.2 Å². The van der Waals surface area contributed by atoms with Gasteiger partial charge in [0.2, 0.25) is 0 Å². The Balaban J connectivity index is 1.87. The molecule has 0 atom stereocenters. The van der Waals surface area contributed by atoms with Gasteiger partial charge in [0.25, 0.3) is 15.9 Å². The van der Waals surface area contributed by atoms with Crippen molar-refractivity contribution >= 4 is 38.9 Å². The molecule has 3 rings (SSSR count). The summed E-state index contributed by atoms with van der Waals surface area (Å²) in [6.07, 6.45) is 0. The number of nitrogens with one attached hydrogen (secondary N) is 2. The Kier molecular flexibility index (Phi) is 5.72. The van der Waals surface area contributed by atoms with E-state index in [1.807, 2.05) is 32.0 Å². The number of hydrogen-bond acceptors (Lipinski definition) is 3. The summed E-state index contributed by atoms with van der Waals surface area (Å²) in [5.74, 6) is -0.417. The second kappa shape index (κ2) is 8.04. The maximum atomic E-state index is 12.7. The van der Waals surface area contributed by atoms with Crippen LogP contribution in [0.25, 0.3) is 0 Å². The molecular formula is C21H19ClN2O3S. The second-order valence-electron chi connectivity index (χ2n) is 6.39. The third kappa shape index (κ3) is 4.52. The summed E-state index contributed by atoms with van der Waals surface area (Å²) in [5, 5.41) is 3.06. The van der Waals surface area contributed by atoms with Crippen LogP contribution < -0.4 is 10.0 Å². The number of halogens is 1. The van der Waals surface area contributed by atoms with Crippen LogP contribution in [0.5, 0.6) is 0 Å². The Labute approximate surface area is 169 Å². The van der Waals surface area contributed by atoms with Crippen LogP contribution in [0.4, 0.5) is 11.4 Å². The van der Waals surface area contributed by atoms with Gasteiger partial charge in [-0.25, -0.2) is 8.42 Å². The molecule has 0 radical (unpaired) electrons. The molecule has 1 amide bonds. The standard InChI is InChI=1S/C21H19ClN2O3S/c1-14-8-9-15(2)20(12-14)23-21(25)18-13-16(10-11-19(18)22)24-28(26,27)17-6-4-3-5-7-17/h3-13,24H,1-2H3,(H,23,25). The van der Waals surface area contributed by atoms with E-state index in [2.05, 4.69) is 10.0 Å². The van der Waals surface area contributed by atoms with Crippen LogP contribution in [0, 0.1) is 13.8 Å². The fraction of sp³-hybridized carbons (Fsp3) is 0.0952. The molecule has 3 aromatic rings. The first-order valence-electron chi connectivity index (χ1n) is 8.52. The first-order chi connectivity index (χ1) is 13.3. The summed E-state index contributed by atoms with van der Waals surface area (Å²) < 4.78 is 27.5. The van der Waals surface area contributed by atoms with Crippen molar-refractivity contribution in [1.82, 2.24) is 0 Å². The number of sulfonamides is 1. The summed E-state index contributed by atoms with van der Waals surface area (Å²) in [4.78, 5) is 12.8. The summed E-state index contributed by atoms with van der Waals surface area (Å²) in [6, 6.07) is 18.1. The van der Waals surface area contributed by atoms with Crippen LogP contribution >= 0.6 is 11.6 Å². The third-order valence-electron chi connectivity index (χ3n) is 4.16. The zero-order valence-corrected chi connectivity index (χ0v) is 16.9. The SMILES string of the molecule is Cc1ccc(C)c(NC(=O)c2cc(NS(=O)(=O)c3ccccc3)ccc2Cl)c1. The van der Waals surface area contributed by atoms with Crippen LogP contribution in [0.1, 0.15) is 21.5 Å². The molecule has 0 fully saturated rings. The fourth-order valence-electron chi connectivity index (χ4n) is 2.64. The fourth-order valence-corrected chi connectivity index (χ4v) is 3.91. The maximum Gasteiger partial charge on any atom is 0.261 e. The average molecular weight is 415 g/mol. The van der Waals surface area contributed by atoms with Gasteiger partial charge in [-0.05, 0) is 61.4 Å². The van der Waals surface area contributed by atoms with Crippen molar-refractivity contribution in [3.05, 3.63) is 88.4 Å². The van der Waals surface area contributed by atoms with Gasteiger partial charge < -0.3 is 5.32 Å². The second-order valence-corrected chi connectivity index (χ2v) is 8.48. The first kappa shape index (κ1) is 19.9. The van der Waals surface area contributed by atoms with Crippen molar-refractivity contribution < 1.29 is 13.2 Å². The molecule has 0 saturated heterocycles. The summed E-state index contributed by atoms with van der Waals surface area (Å²) in [6.45, 7) is 3.82. The van der Waals surface area contributed by atoms with Crippen LogP contribution in [0.15, 0.2) is 71.6 Å². The number of carbonyl (C=O) groups excluding carboxylic acids is 1. The third-order valence-corrected chi connectivity index (χ3v) is 5.88. The lowest BCUT2D eigenvalue weighted by Crippen LogP contribution is -2.16. The molecule has 0 aliphatic heterocycles. The Bertz CT molecular complexity index is 1130. The monoisotopic (exact) mass is 414 g/mol. The predicted octanol–water partition coefficient (Wildman–Crippen LogP) is 5.01. The van der Waals surface area contributed by atoms with Gasteiger partial charge in [0.05, 0.1) is 15.5 Å². The Morgan fingerprint density at radius 3 is 2.36 bits per heavy atom. The van der Waals surface area contributed by atoms with Gasteiger partial charge >= 0.3 is 0 Å². The quantitative estimate of drug-likeness (QED) is 0.616. The van der Waals surface area contributed by atoms with E-state index in [0.717, 1.165) is 11.1 Å². The van der Waals surface area contributed by atoms with Crippen molar-refractivity contribution in [2.75, 3.05) is 10.0 Å². The van der Waals surface area contributed by atoms with Crippen molar-refractivity contribution in [3.8, 4) is 0 Å². The minimum atomic E-state index is -3.76. The van der Waals surface area contributed by atoms with Crippen LogP contribution in [-0.2, 0) is 10.0 Å². The van der Waals surface area contributed by atoms with Gasteiger partial charge in [-0.3, -0.25) is 9.52 Å². The van der Waals surface area contributed by atoms with E-state index in [1.165, 1.54) is 30.3 Å². The zero-order chi connectivity index (χ0) is 20.3. The molecule has 0 aliphatic carbocycles. The minimum absolute atomic E-state index is 0.131. The highest BCUT2D eigenvalue weighted by molar-refractivity contribution is 7.92. The molecule has 0 saturated carbocycles.